The number of para-hydroxylation sites is 1. The molecule has 0 aliphatic carbocycles. The molecule has 0 heterocycles. The molecule has 0 saturated heterocycles. The van der Waals surface area contributed by atoms with E-state index in [-0.39, 0.29) is 5.56 Å². The number of rotatable bonds is 1. The van der Waals surface area contributed by atoms with Crippen LogP contribution in [-0.2, 0) is 6.18 Å². The predicted molar refractivity (Wildman–Crippen MR) is 61.3 cm³/mol. The van der Waals surface area contributed by atoms with Crippen LogP contribution in [-0.4, -0.2) is 0 Å². The Morgan fingerprint density at radius 3 is 2.22 bits per heavy atom. The Morgan fingerprint density at radius 1 is 0.944 bits per heavy atom. The van der Waals surface area contributed by atoms with Crippen LogP contribution in [0, 0.1) is 5.82 Å². The second-order valence-electron chi connectivity index (χ2n) is 3.78. The zero-order valence-corrected chi connectivity index (χ0v) is 9.13. The molecule has 1 nitrogen and oxygen atoms in total. The zero-order valence-electron chi connectivity index (χ0n) is 9.13. The van der Waals surface area contributed by atoms with Crippen LogP contribution >= 0.6 is 0 Å². The number of hydrogen-bond acceptors (Lipinski definition) is 1. The Morgan fingerprint density at radius 2 is 1.61 bits per heavy atom. The first-order valence-corrected chi connectivity index (χ1v) is 5.11. The second-order valence-corrected chi connectivity index (χ2v) is 3.78. The van der Waals surface area contributed by atoms with Gasteiger partial charge < -0.3 is 5.73 Å². The summed E-state index contributed by atoms with van der Waals surface area (Å²) in [5.74, 6) is -1.29. The van der Waals surface area contributed by atoms with Gasteiger partial charge in [0.15, 0.2) is 0 Å². The number of nitrogens with two attached hydrogens (primary N) is 1. The second kappa shape index (κ2) is 4.33. The lowest BCUT2D eigenvalue weighted by molar-refractivity contribution is -0.139. The van der Waals surface area contributed by atoms with Crippen LogP contribution in [0.15, 0.2) is 42.5 Å². The van der Waals surface area contributed by atoms with Gasteiger partial charge in [-0.05, 0) is 23.8 Å². The van der Waals surface area contributed by atoms with Gasteiger partial charge in [-0.2, -0.15) is 13.2 Å². The fraction of sp³-hybridized carbons (Fsp3) is 0.0769. The molecule has 0 spiro atoms. The largest absolute Gasteiger partial charge is 0.419 e. The monoisotopic (exact) mass is 255 g/mol. The molecule has 2 N–H and O–H groups in total. The number of alkyl halides is 3. The van der Waals surface area contributed by atoms with E-state index in [1.807, 2.05) is 0 Å². The Balaban J connectivity index is 2.58. The van der Waals surface area contributed by atoms with Crippen LogP contribution in [0.4, 0.5) is 23.2 Å². The maximum Gasteiger partial charge on any atom is 0.419 e. The van der Waals surface area contributed by atoms with Crippen LogP contribution in [0.5, 0.6) is 0 Å². The molecule has 2 rings (SSSR count). The summed E-state index contributed by atoms with van der Waals surface area (Å²) in [5.41, 5.74) is 5.42. The first-order valence-electron chi connectivity index (χ1n) is 5.11. The Bertz CT molecular complexity index is 575. The molecule has 94 valence electrons. The van der Waals surface area contributed by atoms with Gasteiger partial charge in [-0.3, -0.25) is 0 Å². The van der Waals surface area contributed by atoms with E-state index in [1.165, 1.54) is 6.07 Å². The fourth-order valence-electron chi connectivity index (χ4n) is 1.67. The Kier molecular flexibility index (Phi) is 2.98. The molecule has 5 heteroatoms. The van der Waals surface area contributed by atoms with E-state index >= 15 is 0 Å². The highest BCUT2D eigenvalue weighted by atomic mass is 19.4. The van der Waals surface area contributed by atoms with Gasteiger partial charge in [-0.15, -0.1) is 0 Å². The van der Waals surface area contributed by atoms with Gasteiger partial charge >= 0.3 is 6.18 Å². The average Bonchev–Trinajstić information content (AvgIpc) is 2.29. The fourth-order valence-corrected chi connectivity index (χ4v) is 1.67. The van der Waals surface area contributed by atoms with E-state index in [1.54, 1.807) is 24.3 Å². The van der Waals surface area contributed by atoms with Crippen molar-refractivity contribution in [3.05, 3.63) is 53.8 Å². The van der Waals surface area contributed by atoms with Gasteiger partial charge in [0.25, 0.3) is 0 Å². The molecular formula is C13H9F4N. The summed E-state index contributed by atoms with van der Waals surface area (Å²) >= 11 is 0. The van der Waals surface area contributed by atoms with Crippen LogP contribution in [0.1, 0.15) is 5.56 Å². The van der Waals surface area contributed by atoms with Crippen LogP contribution in [0.3, 0.4) is 0 Å². The molecule has 2 aromatic carbocycles. The van der Waals surface area contributed by atoms with Crippen LogP contribution < -0.4 is 5.73 Å². The summed E-state index contributed by atoms with van der Waals surface area (Å²) in [6.07, 6.45) is -4.72. The minimum Gasteiger partial charge on any atom is -0.398 e. The number of anilines is 1. The number of nitrogen functional groups attached to an aromatic ring is 1. The zero-order chi connectivity index (χ0) is 13.3. The smallest absolute Gasteiger partial charge is 0.398 e. The van der Waals surface area contributed by atoms with Crippen molar-refractivity contribution < 1.29 is 17.6 Å². The lowest BCUT2D eigenvalue weighted by Crippen LogP contribution is -2.08. The molecule has 0 bridgehead atoms. The average molecular weight is 255 g/mol. The lowest BCUT2D eigenvalue weighted by Gasteiger charge is -2.11. The molecule has 18 heavy (non-hydrogen) atoms. The van der Waals surface area contributed by atoms with Gasteiger partial charge in [0.05, 0.1) is 5.56 Å². The van der Waals surface area contributed by atoms with Gasteiger partial charge in [0.1, 0.15) is 5.82 Å². The summed E-state index contributed by atoms with van der Waals surface area (Å²) in [6.45, 7) is 0. The van der Waals surface area contributed by atoms with Crippen molar-refractivity contribution >= 4 is 5.69 Å². The molecule has 2 aromatic rings. The maximum absolute atomic E-state index is 13.1. The molecule has 0 atom stereocenters. The van der Waals surface area contributed by atoms with E-state index in [9.17, 15) is 17.6 Å². The molecule has 0 saturated carbocycles. The van der Waals surface area contributed by atoms with E-state index < -0.39 is 17.6 Å². The van der Waals surface area contributed by atoms with Gasteiger partial charge in [0, 0.05) is 11.3 Å². The van der Waals surface area contributed by atoms with Crippen molar-refractivity contribution in [1.29, 1.82) is 0 Å². The quantitative estimate of drug-likeness (QED) is 0.602. The molecule has 0 aliphatic rings. The number of halogens is 4. The Hall–Kier alpha value is -2.04. The molecule has 0 amide bonds. The molecule has 0 radical (unpaired) electrons. The van der Waals surface area contributed by atoms with Crippen molar-refractivity contribution in [2.24, 2.45) is 0 Å². The number of hydrogen-bond donors (Lipinski definition) is 1. The maximum atomic E-state index is 13.1. The third kappa shape index (κ3) is 2.30. The van der Waals surface area contributed by atoms with Crippen molar-refractivity contribution in [2.45, 2.75) is 6.18 Å². The normalized spacial score (nSPS) is 11.6. The molecule has 0 unspecified atom stereocenters. The predicted octanol–water partition coefficient (Wildman–Crippen LogP) is 4.09. The molecule has 0 aromatic heterocycles. The SMILES string of the molecule is Nc1ccccc1-c1ccc(F)c(C(F)(F)F)c1. The van der Waals surface area contributed by atoms with Crippen LogP contribution in [0.25, 0.3) is 11.1 Å². The molecule has 0 fully saturated rings. The highest BCUT2D eigenvalue weighted by Gasteiger charge is 2.34. The number of benzene rings is 2. The summed E-state index contributed by atoms with van der Waals surface area (Å²) in [4.78, 5) is 0. The van der Waals surface area contributed by atoms with E-state index in [4.69, 9.17) is 5.73 Å². The van der Waals surface area contributed by atoms with E-state index in [0.717, 1.165) is 12.1 Å². The third-order valence-electron chi connectivity index (χ3n) is 2.54. The van der Waals surface area contributed by atoms with Gasteiger partial charge in [-0.1, -0.05) is 24.3 Å². The molecule has 0 aliphatic heterocycles. The minimum atomic E-state index is -4.72. The van der Waals surface area contributed by atoms with E-state index in [0.29, 0.717) is 11.3 Å². The summed E-state index contributed by atoms with van der Waals surface area (Å²) in [7, 11) is 0. The molecular weight excluding hydrogens is 246 g/mol. The van der Waals surface area contributed by atoms with Gasteiger partial charge in [-0.25, -0.2) is 4.39 Å². The lowest BCUT2D eigenvalue weighted by atomic mass is 10.0. The van der Waals surface area contributed by atoms with Crippen molar-refractivity contribution in [2.75, 3.05) is 5.73 Å². The van der Waals surface area contributed by atoms with Crippen LogP contribution in [0.2, 0.25) is 0 Å². The summed E-state index contributed by atoms with van der Waals surface area (Å²) in [6, 6.07) is 9.33. The minimum absolute atomic E-state index is 0.238. The van der Waals surface area contributed by atoms with Gasteiger partial charge in [0.2, 0.25) is 0 Å². The first-order chi connectivity index (χ1) is 8.39. The van der Waals surface area contributed by atoms with E-state index in [2.05, 4.69) is 0 Å². The first kappa shape index (κ1) is 12.4. The summed E-state index contributed by atoms with van der Waals surface area (Å²) in [5, 5.41) is 0. The van der Waals surface area contributed by atoms with Crippen molar-refractivity contribution in [1.82, 2.24) is 0 Å². The summed E-state index contributed by atoms with van der Waals surface area (Å²) < 4.78 is 50.9. The van der Waals surface area contributed by atoms with Crippen molar-refractivity contribution in [3.63, 3.8) is 0 Å². The highest BCUT2D eigenvalue weighted by Crippen LogP contribution is 2.35. The Labute approximate surface area is 101 Å². The third-order valence-corrected chi connectivity index (χ3v) is 2.54. The highest BCUT2D eigenvalue weighted by molar-refractivity contribution is 5.76. The standard InChI is InChI=1S/C13H9F4N/c14-11-6-5-8(7-10(11)13(15,16)17)9-3-1-2-4-12(9)18/h1-7H,18H2. The van der Waals surface area contributed by atoms with Crippen molar-refractivity contribution in [3.8, 4) is 11.1 Å². The topological polar surface area (TPSA) is 26.0 Å².